The molecule has 142 valence electrons. The van der Waals surface area contributed by atoms with Crippen LogP contribution in [0.2, 0.25) is 0 Å². The van der Waals surface area contributed by atoms with Gasteiger partial charge in [-0.3, -0.25) is 0 Å². The zero-order valence-corrected chi connectivity index (χ0v) is 16.7. The van der Waals surface area contributed by atoms with E-state index in [9.17, 15) is 0 Å². The Hall–Kier alpha value is -2.96. The second-order valence-corrected chi connectivity index (χ2v) is 7.74. The summed E-state index contributed by atoms with van der Waals surface area (Å²) in [5.41, 5.74) is 2.25. The topological polar surface area (TPSA) is 67.9 Å². The number of aromatic nitrogens is 4. The number of fused-ring (bicyclic) bond motifs is 1. The van der Waals surface area contributed by atoms with Crippen molar-refractivity contribution in [3.63, 3.8) is 0 Å². The highest BCUT2D eigenvalue weighted by molar-refractivity contribution is 5.58. The van der Waals surface area contributed by atoms with Crippen LogP contribution in [0.25, 0.3) is 5.78 Å². The maximum absolute atomic E-state index is 6.12. The first-order chi connectivity index (χ1) is 12.7. The fraction of sp³-hybridized carbons (Fsp3) is 0.400. The highest BCUT2D eigenvalue weighted by Crippen LogP contribution is 2.27. The molecule has 7 heteroatoms. The van der Waals surface area contributed by atoms with E-state index < -0.39 is 0 Å². The molecule has 0 saturated heterocycles. The number of aliphatic imine (C=N–C) groups is 1. The largest absolute Gasteiger partial charge is 0.484 e. The fourth-order valence-electron chi connectivity index (χ4n) is 2.63. The van der Waals surface area contributed by atoms with Crippen molar-refractivity contribution in [2.75, 3.05) is 14.1 Å². The van der Waals surface area contributed by atoms with Gasteiger partial charge in [0.15, 0.2) is 0 Å². The van der Waals surface area contributed by atoms with Crippen LogP contribution in [-0.2, 0) is 5.41 Å². The Balaban J connectivity index is 1.84. The molecule has 2 aromatic heterocycles. The van der Waals surface area contributed by atoms with E-state index in [2.05, 4.69) is 53.0 Å². The van der Waals surface area contributed by atoms with Gasteiger partial charge in [-0.15, -0.1) is 5.10 Å². The van der Waals surface area contributed by atoms with Crippen molar-refractivity contribution in [1.29, 1.82) is 0 Å². The van der Waals surface area contributed by atoms with Crippen LogP contribution in [0.15, 0.2) is 41.5 Å². The number of benzene rings is 1. The molecule has 7 nitrogen and oxygen atoms in total. The summed E-state index contributed by atoms with van der Waals surface area (Å²) in [5.74, 6) is 1.67. The van der Waals surface area contributed by atoms with Crippen molar-refractivity contribution in [3.8, 4) is 5.75 Å². The van der Waals surface area contributed by atoms with Crippen molar-refractivity contribution in [2.24, 2.45) is 4.99 Å². The van der Waals surface area contributed by atoms with E-state index in [0.717, 1.165) is 11.4 Å². The molecule has 0 aliphatic rings. The van der Waals surface area contributed by atoms with Crippen LogP contribution >= 0.6 is 0 Å². The normalized spacial score (nSPS) is 13.3. The molecule has 27 heavy (non-hydrogen) atoms. The second kappa shape index (κ2) is 7.34. The molecule has 0 spiro atoms. The smallest absolute Gasteiger partial charge is 0.272 e. The van der Waals surface area contributed by atoms with Crippen molar-refractivity contribution < 1.29 is 4.74 Å². The number of nitrogens with zero attached hydrogens (tertiary/aromatic N) is 6. The molecule has 3 aromatic rings. The number of rotatable bonds is 5. The van der Waals surface area contributed by atoms with Gasteiger partial charge in [0.1, 0.15) is 11.9 Å². The highest BCUT2D eigenvalue weighted by Gasteiger charge is 2.16. The molecule has 2 heterocycles. The van der Waals surface area contributed by atoms with E-state index in [1.54, 1.807) is 17.1 Å². The average Bonchev–Trinajstić information content (AvgIpc) is 3.02. The molecule has 0 unspecified atom stereocenters. The first-order valence-corrected chi connectivity index (χ1v) is 8.93. The van der Waals surface area contributed by atoms with Crippen LogP contribution in [-0.4, -0.2) is 44.9 Å². The Morgan fingerprint density at radius 1 is 1.15 bits per heavy atom. The molecule has 0 radical (unpaired) electrons. The Labute approximate surface area is 159 Å². The zero-order valence-electron chi connectivity index (χ0n) is 16.7. The van der Waals surface area contributed by atoms with Gasteiger partial charge in [0.25, 0.3) is 11.7 Å². The summed E-state index contributed by atoms with van der Waals surface area (Å²) in [6, 6.07) is 10.1. The lowest BCUT2D eigenvalue weighted by molar-refractivity contribution is 0.218. The summed E-state index contributed by atoms with van der Waals surface area (Å²) in [4.78, 5) is 14.7. The standard InChI is InChI=1S/C20H26N6O/c1-14(27-16-9-7-15(8-10-16)20(2,3)4)17-11-12-21-19-23-18(24-26(17)19)22-13-25(5)6/h7-14H,1-6H3/t14-/m0/s1. The van der Waals surface area contributed by atoms with Gasteiger partial charge in [-0.1, -0.05) is 32.9 Å². The first kappa shape index (κ1) is 18.8. The number of hydrogen-bond donors (Lipinski definition) is 0. The van der Waals surface area contributed by atoms with E-state index in [0.29, 0.717) is 11.7 Å². The predicted molar refractivity (Wildman–Crippen MR) is 107 cm³/mol. The van der Waals surface area contributed by atoms with Crippen LogP contribution in [0, 0.1) is 0 Å². The monoisotopic (exact) mass is 366 g/mol. The molecular formula is C20H26N6O. The Kier molecular flexibility index (Phi) is 5.12. The van der Waals surface area contributed by atoms with E-state index in [4.69, 9.17) is 4.74 Å². The molecule has 0 N–H and O–H groups in total. The Morgan fingerprint density at radius 3 is 2.48 bits per heavy atom. The minimum absolute atomic E-state index is 0.117. The molecular weight excluding hydrogens is 340 g/mol. The SMILES string of the molecule is C[C@H](Oc1ccc(C(C)(C)C)cc1)c1ccnc2nc(N=CN(C)C)nn12. The first-order valence-electron chi connectivity index (χ1n) is 8.93. The molecule has 0 saturated carbocycles. The van der Waals surface area contributed by atoms with Crippen LogP contribution in [0.4, 0.5) is 5.95 Å². The van der Waals surface area contributed by atoms with E-state index in [-0.39, 0.29) is 11.5 Å². The quantitative estimate of drug-likeness (QED) is 0.508. The van der Waals surface area contributed by atoms with Crippen molar-refractivity contribution in [1.82, 2.24) is 24.5 Å². The van der Waals surface area contributed by atoms with Gasteiger partial charge < -0.3 is 9.64 Å². The van der Waals surface area contributed by atoms with Crippen LogP contribution in [0.3, 0.4) is 0 Å². The van der Waals surface area contributed by atoms with Gasteiger partial charge in [0.2, 0.25) is 0 Å². The van der Waals surface area contributed by atoms with Gasteiger partial charge >= 0.3 is 0 Å². The molecule has 0 fully saturated rings. The van der Waals surface area contributed by atoms with E-state index in [1.807, 2.05) is 44.1 Å². The summed E-state index contributed by atoms with van der Waals surface area (Å²) >= 11 is 0. The van der Waals surface area contributed by atoms with Crippen LogP contribution in [0.5, 0.6) is 5.75 Å². The maximum atomic E-state index is 6.12. The lowest BCUT2D eigenvalue weighted by Gasteiger charge is -2.20. The maximum Gasteiger partial charge on any atom is 0.272 e. The molecule has 0 aliphatic heterocycles. The highest BCUT2D eigenvalue weighted by atomic mass is 16.5. The van der Waals surface area contributed by atoms with Gasteiger partial charge in [-0.25, -0.2) is 9.98 Å². The minimum atomic E-state index is -0.219. The number of ether oxygens (including phenoxy) is 1. The van der Waals surface area contributed by atoms with E-state index in [1.165, 1.54) is 5.56 Å². The lowest BCUT2D eigenvalue weighted by atomic mass is 9.87. The minimum Gasteiger partial charge on any atom is -0.484 e. The predicted octanol–water partition coefficient (Wildman–Crippen LogP) is 3.78. The summed E-state index contributed by atoms with van der Waals surface area (Å²) in [6.45, 7) is 8.57. The second-order valence-electron chi connectivity index (χ2n) is 7.74. The molecule has 1 aromatic carbocycles. The molecule has 1 atom stereocenters. The number of hydrogen-bond acceptors (Lipinski definition) is 5. The Bertz CT molecular complexity index is 937. The third-order valence-corrected chi connectivity index (χ3v) is 4.11. The molecule has 0 aliphatic carbocycles. The summed E-state index contributed by atoms with van der Waals surface area (Å²) in [7, 11) is 3.79. The third kappa shape index (κ3) is 4.42. The van der Waals surface area contributed by atoms with Gasteiger partial charge in [0.05, 0.1) is 12.0 Å². The average molecular weight is 366 g/mol. The van der Waals surface area contributed by atoms with Crippen LogP contribution in [0.1, 0.15) is 45.1 Å². The van der Waals surface area contributed by atoms with Crippen LogP contribution < -0.4 is 4.74 Å². The zero-order chi connectivity index (χ0) is 19.6. The van der Waals surface area contributed by atoms with Gasteiger partial charge in [-0.2, -0.15) is 9.50 Å². The molecule has 3 rings (SSSR count). The molecule has 0 amide bonds. The fourth-order valence-corrected chi connectivity index (χ4v) is 2.63. The summed E-state index contributed by atoms with van der Waals surface area (Å²) in [5, 5.41) is 4.43. The van der Waals surface area contributed by atoms with Gasteiger partial charge in [0, 0.05) is 20.3 Å². The van der Waals surface area contributed by atoms with Gasteiger partial charge in [-0.05, 0) is 36.1 Å². The molecule has 0 bridgehead atoms. The van der Waals surface area contributed by atoms with Crippen molar-refractivity contribution in [2.45, 2.75) is 39.2 Å². The van der Waals surface area contributed by atoms with Crippen molar-refractivity contribution >= 4 is 18.1 Å². The van der Waals surface area contributed by atoms with E-state index >= 15 is 0 Å². The third-order valence-electron chi connectivity index (χ3n) is 4.11. The lowest BCUT2D eigenvalue weighted by Crippen LogP contribution is -2.12. The summed E-state index contributed by atoms with van der Waals surface area (Å²) < 4.78 is 7.80. The Morgan fingerprint density at radius 2 is 1.85 bits per heavy atom. The van der Waals surface area contributed by atoms with Crippen molar-refractivity contribution in [3.05, 3.63) is 47.8 Å². The summed E-state index contributed by atoms with van der Waals surface area (Å²) in [6.07, 6.45) is 3.15.